The Kier molecular flexibility index (Phi) is 3.17. The number of phenols is 1. The zero-order valence-electron chi connectivity index (χ0n) is 12.8. The maximum Gasteiger partial charge on any atom is 0.266 e. The number of nitrogens with one attached hydrogen (secondary N) is 2. The molecule has 126 valence electrons. The number of fused-ring (bicyclic) bond motifs is 1. The summed E-state index contributed by atoms with van der Waals surface area (Å²) in [6.07, 6.45) is 1.61. The van der Waals surface area contributed by atoms with E-state index in [-0.39, 0.29) is 29.7 Å². The van der Waals surface area contributed by atoms with Gasteiger partial charge in [0.05, 0.1) is 16.8 Å². The van der Waals surface area contributed by atoms with Crippen LogP contribution >= 0.6 is 0 Å². The van der Waals surface area contributed by atoms with E-state index in [1.54, 1.807) is 6.07 Å². The molecule has 9 heteroatoms. The van der Waals surface area contributed by atoms with Crippen LogP contribution in [0.5, 0.6) is 5.75 Å². The van der Waals surface area contributed by atoms with Crippen molar-refractivity contribution in [2.24, 2.45) is 0 Å². The van der Waals surface area contributed by atoms with Gasteiger partial charge in [0.15, 0.2) is 0 Å². The standard InChI is InChI=1S/C16H12N4O5/c21-11-6-7(9-3-4-17-19-9)5-8-13(11)16(25)20(15(8)24)10-1-2-12(22)18-14(10)23/h3-6,10,21H,1-2H2,(H,17,19)(H,18,22,23). The van der Waals surface area contributed by atoms with Crippen LogP contribution in [0, 0.1) is 0 Å². The molecule has 2 aliphatic heterocycles. The summed E-state index contributed by atoms with van der Waals surface area (Å²) < 4.78 is 0. The fourth-order valence-electron chi connectivity index (χ4n) is 3.15. The van der Waals surface area contributed by atoms with E-state index in [4.69, 9.17) is 0 Å². The lowest BCUT2D eigenvalue weighted by atomic mass is 10.0. The highest BCUT2D eigenvalue weighted by atomic mass is 16.3. The molecule has 0 aliphatic carbocycles. The molecular formula is C16H12N4O5. The van der Waals surface area contributed by atoms with Gasteiger partial charge in [-0.3, -0.25) is 34.5 Å². The third kappa shape index (κ3) is 2.20. The Morgan fingerprint density at radius 1 is 1.16 bits per heavy atom. The average Bonchev–Trinajstić information content (AvgIpc) is 3.17. The third-order valence-corrected chi connectivity index (χ3v) is 4.33. The first kappa shape index (κ1) is 15.1. The van der Waals surface area contributed by atoms with Crippen LogP contribution in [0.2, 0.25) is 0 Å². The van der Waals surface area contributed by atoms with Crippen molar-refractivity contribution in [1.29, 1.82) is 0 Å². The minimum Gasteiger partial charge on any atom is -0.507 e. The molecule has 2 aliphatic rings. The first-order valence-electron chi connectivity index (χ1n) is 7.55. The van der Waals surface area contributed by atoms with E-state index in [9.17, 15) is 24.3 Å². The maximum absolute atomic E-state index is 12.7. The number of aromatic nitrogens is 2. The van der Waals surface area contributed by atoms with Crippen LogP contribution in [-0.4, -0.2) is 49.9 Å². The van der Waals surface area contributed by atoms with Crippen molar-refractivity contribution in [3.8, 4) is 17.0 Å². The normalized spacial score (nSPS) is 20.0. The van der Waals surface area contributed by atoms with Crippen molar-refractivity contribution in [2.45, 2.75) is 18.9 Å². The predicted molar refractivity (Wildman–Crippen MR) is 82.4 cm³/mol. The molecule has 4 rings (SSSR count). The van der Waals surface area contributed by atoms with E-state index in [0.717, 1.165) is 4.90 Å². The fraction of sp³-hybridized carbons (Fsp3) is 0.188. The van der Waals surface area contributed by atoms with Gasteiger partial charge in [-0.1, -0.05) is 0 Å². The predicted octanol–water partition coefficient (Wildman–Crippen LogP) is 0.183. The molecule has 3 N–H and O–H groups in total. The number of carbonyl (C=O) groups excluding carboxylic acids is 4. The summed E-state index contributed by atoms with van der Waals surface area (Å²) >= 11 is 0. The summed E-state index contributed by atoms with van der Waals surface area (Å²) in [5.41, 5.74) is 0.926. The first-order valence-corrected chi connectivity index (χ1v) is 7.55. The Hall–Kier alpha value is -3.49. The summed E-state index contributed by atoms with van der Waals surface area (Å²) in [5, 5.41) is 18.9. The number of aromatic hydroxyl groups is 1. The minimum atomic E-state index is -1.07. The number of hydrogen-bond donors (Lipinski definition) is 3. The third-order valence-electron chi connectivity index (χ3n) is 4.33. The molecule has 2 aromatic rings. The molecule has 1 aromatic heterocycles. The number of amides is 4. The van der Waals surface area contributed by atoms with Crippen LogP contribution in [0.25, 0.3) is 11.3 Å². The lowest BCUT2D eigenvalue weighted by molar-refractivity contribution is -0.136. The van der Waals surface area contributed by atoms with Crippen molar-refractivity contribution >= 4 is 23.6 Å². The van der Waals surface area contributed by atoms with E-state index in [1.165, 1.54) is 18.3 Å². The Balaban J connectivity index is 1.76. The van der Waals surface area contributed by atoms with Crippen molar-refractivity contribution in [2.75, 3.05) is 0 Å². The minimum absolute atomic E-state index is 0.0132. The Morgan fingerprint density at radius 3 is 2.64 bits per heavy atom. The van der Waals surface area contributed by atoms with Gasteiger partial charge < -0.3 is 5.11 Å². The highest BCUT2D eigenvalue weighted by Gasteiger charge is 2.46. The van der Waals surface area contributed by atoms with Crippen LogP contribution in [0.15, 0.2) is 24.4 Å². The number of benzene rings is 1. The summed E-state index contributed by atoms with van der Waals surface area (Å²) in [4.78, 5) is 49.4. The van der Waals surface area contributed by atoms with E-state index >= 15 is 0 Å². The molecule has 3 heterocycles. The number of H-pyrrole nitrogens is 1. The second-order valence-corrected chi connectivity index (χ2v) is 5.84. The van der Waals surface area contributed by atoms with Gasteiger partial charge in [0.25, 0.3) is 11.8 Å². The number of rotatable bonds is 2. The van der Waals surface area contributed by atoms with Crippen molar-refractivity contribution in [1.82, 2.24) is 20.4 Å². The molecule has 1 aromatic carbocycles. The second kappa shape index (κ2) is 5.26. The van der Waals surface area contributed by atoms with Gasteiger partial charge in [-0.25, -0.2) is 0 Å². The summed E-state index contributed by atoms with van der Waals surface area (Å²) in [6, 6.07) is 3.40. The van der Waals surface area contributed by atoms with Gasteiger partial charge in [-0.15, -0.1) is 0 Å². The number of nitrogens with zero attached hydrogens (tertiary/aromatic N) is 2. The molecule has 0 radical (unpaired) electrons. The SMILES string of the molecule is O=C1CCC(N2C(=O)c3cc(-c4ccn[nH]4)cc(O)c3C2=O)C(=O)N1. The van der Waals surface area contributed by atoms with Gasteiger partial charge >= 0.3 is 0 Å². The molecule has 9 nitrogen and oxygen atoms in total. The summed E-state index contributed by atoms with van der Waals surface area (Å²) in [6.45, 7) is 0. The molecule has 1 fully saturated rings. The molecule has 0 saturated carbocycles. The number of carbonyl (C=O) groups is 4. The summed E-state index contributed by atoms with van der Waals surface area (Å²) in [5.74, 6) is -2.91. The largest absolute Gasteiger partial charge is 0.507 e. The van der Waals surface area contributed by atoms with E-state index in [1.807, 2.05) is 0 Å². The lowest BCUT2D eigenvalue weighted by Gasteiger charge is -2.27. The quantitative estimate of drug-likeness (QED) is 0.668. The number of aromatic amines is 1. The van der Waals surface area contributed by atoms with Crippen LogP contribution in [0.4, 0.5) is 0 Å². The Bertz CT molecular complexity index is 934. The topological polar surface area (TPSA) is 132 Å². The molecular weight excluding hydrogens is 328 g/mol. The van der Waals surface area contributed by atoms with Gasteiger partial charge in [-0.05, 0) is 24.6 Å². The second-order valence-electron chi connectivity index (χ2n) is 5.84. The highest BCUT2D eigenvalue weighted by Crippen LogP contribution is 2.36. The maximum atomic E-state index is 12.7. The zero-order valence-corrected chi connectivity index (χ0v) is 12.8. The number of piperidine rings is 1. The first-order chi connectivity index (χ1) is 12.0. The summed E-state index contributed by atoms with van der Waals surface area (Å²) in [7, 11) is 0. The van der Waals surface area contributed by atoms with E-state index in [0.29, 0.717) is 11.3 Å². The van der Waals surface area contributed by atoms with Gasteiger partial charge in [0.2, 0.25) is 11.8 Å². The molecule has 1 saturated heterocycles. The molecule has 0 bridgehead atoms. The monoisotopic (exact) mass is 340 g/mol. The number of imide groups is 2. The van der Waals surface area contributed by atoms with Crippen LogP contribution in [-0.2, 0) is 9.59 Å². The molecule has 4 amide bonds. The van der Waals surface area contributed by atoms with Crippen molar-refractivity contribution in [3.05, 3.63) is 35.5 Å². The molecule has 1 unspecified atom stereocenters. The van der Waals surface area contributed by atoms with Gasteiger partial charge in [0.1, 0.15) is 11.8 Å². The average molecular weight is 340 g/mol. The number of phenolic OH excluding ortho intramolecular Hbond substituents is 1. The van der Waals surface area contributed by atoms with Crippen LogP contribution in [0.3, 0.4) is 0 Å². The Labute approximate surface area is 140 Å². The molecule has 25 heavy (non-hydrogen) atoms. The van der Waals surface area contributed by atoms with Gasteiger partial charge in [0, 0.05) is 18.2 Å². The Morgan fingerprint density at radius 2 is 1.96 bits per heavy atom. The van der Waals surface area contributed by atoms with Gasteiger partial charge in [-0.2, -0.15) is 5.10 Å². The van der Waals surface area contributed by atoms with Crippen LogP contribution in [0.1, 0.15) is 33.6 Å². The van der Waals surface area contributed by atoms with Crippen molar-refractivity contribution in [3.63, 3.8) is 0 Å². The van der Waals surface area contributed by atoms with Crippen molar-refractivity contribution < 1.29 is 24.3 Å². The smallest absolute Gasteiger partial charge is 0.266 e. The van der Waals surface area contributed by atoms with Crippen LogP contribution < -0.4 is 5.32 Å². The number of hydrogen-bond acceptors (Lipinski definition) is 6. The fourth-order valence-corrected chi connectivity index (χ4v) is 3.15. The lowest BCUT2D eigenvalue weighted by Crippen LogP contribution is -2.54. The molecule has 0 spiro atoms. The van der Waals surface area contributed by atoms with E-state index in [2.05, 4.69) is 15.5 Å². The van der Waals surface area contributed by atoms with E-state index < -0.39 is 29.7 Å². The highest BCUT2D eigenvalue weighted by molar-refractivity contribution is 6.25. The zero-order chi connectivity index (χ0) is 17.7. The molecule has 1 atom stereocenters.